The van der Waals surface area contributed by atoms with Crippen LogP contribution in [0.5, 0.6) is 5.75 Å². The third-order valence-electron chi connectivity index (χ3n) is 6.18. The number of halogens is 3. The number of benzene rings is 2. The number of alkyl halides is 3. The molecule has 6 nitrogen and oxygen atoms in total. The largest absolute Gasteiger partial charge is 0.573 e. The second-order valence-corrected chi connectivity index (χ2v) is 9.76. The number of aromatic nitrogens is 2. The summed E-state index contributed by atoms with van der Waals surface area (Å²) in [6, 6.07) is 10.9. The number of nitrogens with zero attached hydrogens (tertiary/aromatic N) is 2. The van der Waals surface area contributed by atoms with Gasteiger partial charge in [-0.15, -0.1) is 13.2 Å². The van der Waals surface area contributed by atoms with Crippen LogP contribution in [-0.4, -0.2) is 29.0 Å². The Labute approximate surface area is 196 Å². The molecule has 9 heteroatoms. The number of carbonyl (C=O) groups is 1. The fourth-order valence-electron chi connectivity index (χ4n) is 5.16. The highest BCUT2D eigenvalue weighted by Gasteiger charge is 2.35. The van der Waals surface area contributed by atoms with Crippen molar-refractivity contribution in [1.29, 1.82) is 0 Å². The predicted molar refractivity (Wildman–Crippen MR) is 123 cm³/mol. The van der Waals surface area contributed by atoms with Crippen LogP contribution in [-0.2, 0) is 4.74 Å². The summed E-state index contributed by atoms with van der Waals surface area (Å²) < 4.78 is 48.4. The summed E-state index contributed by atoms with van der Waals surface area (Å²) >= 11 is 0. The van der Waals surface area contributed by atoms with Crippen molar-refractivity contribution in [1.82, 2.24) is 9.55 Å². The fourth-order valence-corrected chi connectivity index (χ4v) is 5.16. The molecule has 3 aromatic rings. The third kappa shape index (κ3) is 5.29. The molecule has 34 heavy (non-hydrogen) atoms. The molecule has 0 bridgehead atoms. The van der Waals surface area contributed by atoms with Gasteiger partial charge in [0.2, 0.25) is 5.95 Å². The normalized spacial score (nSPS) is 20.2. The molecular formula is C25H28F3N3O3. The van der Waals surface area contributed by atoms with E-state index < -0.39 is 12.3 Å². The van der Waals surface area contributed by atoms with Gasteiger partial charge in [0.05, 0.1) is 23.7 Å². The molecular weight excluding hydrogens is 447 g/mol. The van der Waals surface area contributed by atoms with E-state index in [9.17, 15) is 18.0 Å². The Hall–Kier alpha value is -3.23. The number of nitrogens with one attached hydrogen (secondary N) is 1. The van der Waals surface area contributed by atoms with Gasteiger partial charge in [-0.05, 0) is 73.1 Å². The molecule has 2 atom stereocenters. The van der Waals surface area contributed by atoms with Crippen molar-refractivity contribution in [2.75, 3.05) is 12.4 Å². The number of hydrogen-bond donors (Lipinski definition) is 1. The lowest BCUT2D eigenvalue weighted by Gasteiger charge is -2.40. The minimum Gasteiger partial charge on any atom is -0.465 e. The molecule has 1 aliphatic carbocycles. The van der Waals surface area contributed by atoms with Crippen molar-refractivity contribution >= 4 is 28.6 Å². The Balaban J connectivity index is 1.75. The smallest absolute Gasteiger partial charge is 0.465 e. The zero-order valence-corrected chi connectivity index (χ0v) is 19.6. The van der Waals surface area contributed by atoms with Crippen LogP contribution in [0, 0.1) is 11.3 Å². The Morgan fingerprint density at radius 2 is 1.85 bits per heavy atom. The lowest BCUT2D eigenvalue weighted by molar-refractivity contribution is -0.274. The highest BCUT2D eigenvalue weighted by Crippen LogP contribution is 2.46. The highest BCUT2D eigenvalue weighted by molar-refractivity contribution is 5.94. The van der Waals surface area contributed by atoms with Gasteiger partial charge in [0.25, 0.3) is 0 Å². The Morgan fingerprint density at radius 1 is 1.15 bits per heavy atom. The van der Waals surface area contributed by atoms with Crippen LogP contribution in [0.4, 0.5) is 24.8 Å². The predicted octanol–water partition coefficient (Wildman–Crippen LogP) is 6.85. The van der Waals surface area contributed by atoms with Crippen LogP contribution in [0.3, 0.4) is 0 Å². The standard InChI is InChI=1S/C25H28F3N3O3/c1-15-11-18(14-24(2,3)13-15)31-21-12-16(22(32)33-4)5-10-20(21)30-23(31)29-17-6-8-19(9-7-17)34-25(26,27)28/h5-10,12,15,18H,11,13-14H2,1-4H3,(H,29,30). The van der Waals surface area contributed by atoms with Gasteiger partial charge in [-0.1, -0.05) is 20.8 Å². The van der Waals surface area contributed by atoms with Crippen LogP contribution in [0.25, 0.3) is 11.0 Å². The zero-order valence-electron chi connectivity index (χ0n) is 19.6. The molecule has 2 aromatic carbocycles. The Bertz CT molecular complexity index is 1190. The van der Waals surface area contributed by atoms with Crippen molar-refractivity contribution in [3.63, 3.8) is 0 Å². The van der Waals surface area contributed by atoms with Gasteiger partial charge in [-0.2, -0.15) is 0 Å². The fraction of sp³-hybridized carbons (Fsp3) is 0.440. The van der Waals surface area contributed by atoms with Crippen molar-refractivity contribution in [2.45, 2.75) is 52.4 Å². The van der Waals surface area contributed by atoms with Crippen LogP contribution in [0.2, 0.25) is 0 Å². The number of rotatable bonds is 5. The second-order valence-electron chi connectivity index (χ2n) is 9.76. The summed E-state index contributed by atoms with van der Waals surface area (Å²) in [6.07, 6.45) is -1.75. The topological polar surface area (TPSA) is 65.4 Å². The summed E-state index contributed by atoms with van der Waals surface area (Å²) in [7, 11) is 1.34. The minimum absolute atomic E-state index is 0.131. The number of esters is 1. The quantitative estimate of drug-likeness (QED) is 0.409. The number of imidazole rings is 1. The number of fused-ring (bicyclic) bond motifs is 1. The highest BCUT2D eigenvalue weighted by atomic mass is 19.4. The van der Waals surface area contributed by atoms with Gasteiger partial charge in [-0.3, -0.25) is 0 Å². The van der Waals surface area contributed by atoms with E-state index in [4.69, 9.17) is 9.72 Å². The van der Waals surface area contributed by atoms with E-state index >= 15 is 0 Å². The number of hydrogen-bond acceptors (Lipinski definition) is 5. The summed E-state index contributed by atoms with van der Waals surface area (Å²) in [6.45, 7) is 6.74. The summed E-state index contributed by atoms with van der Waals surface area (Å²) in [4.78, 5) is 16.9. The lowest BCUT2D eigenvalue weighted by atomic mass is 9.70. The third-order valence-corrected chi connectivity index (χ3v) is 6.18. The minimum atomic E-state index is -4.75. The van der Waals surface area contributed by atoms with Gasteiger partial charge in [0.15, 0.2) is 0 Å². The number of anilines is 2. The number of methoxy groups -OCH3 is 1. The molecule has 1 aromatic heterocycles. The van der Waals surface area contributed by atoms with E-state index in [2.05, 4.69) is 35.4 Å². The molecule has 1 N–H and O–H groups in total. The van der Waals surface area contributed by atoms with Crippen molar-refractivity contribution in [3.05, 3.63) is 48.0 Å². The molecule has 1 fully saturated rings. The van der Waals surface area contributed by atoms with Gasteiger partial charge < -0.3 is 19.4 Å². The van der Waals surface area contributed by atoms with E-state index in [0.29, 0.717) is 28.6 Å². The van der Waals surface area contributed by atoms with Crippen molar-refractivity contribution in [3.8, 4) is 5.75 Å². The summed E-state index contributed by atoms with van der Waals surface area (Å²) in [5, 5.41) is 3.25. The van der Waals surface area contributed by atoms with Gasteiger partial charge >= 0.3 is 12.3 Å². The molecule has 0 saturated heterocycles. The van der Waals surface area contributed by atoms with Crippen molar-refractivity contribution in [2.24, 2.45) is 11.3 Å². The molecule has 1 heterocycles. The van der Waals surface area contributed by atoms with Crippen molar-refractivity contribution < 1.29 is 27.4 Å². The summed E-state index contributed by atoms with van der Waals surface area (Å²) in [5.74, 6) is 0.344. The molecule has 0 spiro atoms. The first-order valence-corrected chi connectivity index (χ1v) is 11.2. The molecule has 182 valence electrons. The number of carbonyl (C=O) groups excluding carboxylic acids is 1. The lowest BCUT2D eigenvalue weighted by Crippen LogP contribution is -2.29. The maximum atomic E-state index is 12.5. The zero-order chi connectivity index (χ0) is 24.7. The maximum absolute atomic E-state index is 12.5. The SMILES string of the molecule is COC(=O)c1ccc2nc(Nc3ccc(OC(F)(F)F)cc3)n(C3CC(C)CC(C)(C)C3)c2c1. The van der Waals surface area contributed by atoms with Gasteiger partial charge in [0, 0.05) is 11.7 Å². The van der Waals surface area contributed by atoms with E-state index in [1.54, 1.807) is 18.2 Å². The monoisotopic (exact) mass is 475 g/mol. The van der Waals surface area contributed by atoms with Gasteiger partial charge in [0.1, 0.15) is 5.75 Å². The average molecular weight is 476 g/mol. The first-order chi connectivity index (χ1) is 15.9. The van der Waals surface area contributed by atoms with Crippen LogP contribution in [0.1, 0.15) is 56.4 Å². The van der Waals surface area contributed by atoms with Crippen LogP contribution in [0.15, 0.2) is 42.5 Å². The van der Waals surface area contributed by atoms with E-state index in [-0.39, 0.29) is 17.2 Å². The van der Waals surface area contributed by atoms with E-state index in [1.165, 1.54) is 31.4 Å². The maximum Gasteiger partial charge on any atom is 0.573 e. The Morgan fingerprint density at radius 3 is 2.47 bits per heavy atom. The second kappa shape index (κ2) is 8.85. The molecule has 0 aliphatic heterocycles. The molecule has 0 radical (unpaired) electrons. The number of ether oxygens (including phenoxy) is 2. The first-order valence-electron chi connectivity index (χ1n) is 11.2. The van der Waals surface area contributed by atoms with Crippen LogP contribution >= 0.6 is 0 Å². The van der Waals surface area contributed by atoms with E-state index in [1.807, 2.05) is 0 Å². The first kappa shape index (κ1) is 23.9. The van der Waals surface area contributed by atoms with Gasteiger partial charge in [-0.25, -0.2) is 9.78 Å². The molecule has 0 amide bonds. The van der Waals surface area contributed by atoms with Crippen LogP contribution < -0.4 is 10.1 Å². The average Bonchev–Trinajstić information content (AvgIpc) is 3.09. The molecule has 2 unspecified atom stereocenters. The Kier molecular flexibility index (Phi) is 6.22. The molecule has 1 saturated carbocycles. The summed E-state index contributed by atoms with van der Waals surface area (Å²) in [5.41, 5.74) is 2.65. The molecule has 4 rings (SSSR count). The molecule has 1 aliphatic rings. The van der Waals surface area contributed by atoms with E-state index in [0.717, 1.165) is 24.8 Å².